The van der Waals surface area contributed by atoms with Gasteiger partial charge in [0.2, 0.25) is 0 Å². The predicted molar refractivity (Wildman–Crippen MR) is 157 cm³/mol. The van der Waals surface area contributed by atoms with Gasteiger partial charge in [-0.05, 0) is 61.3 Å². The molecule has 8 aromatic rings. The molecule has 0 radical (unpaired) electrons. The second-order valence-electron chi connectivity index (χ2n) is 9.36. The van der Waals surface area contributed by atoms with Crippen molar-refractivity contribution < 1.29 is 9.90 Å². The second-order valence-corrected chi connectivity index (χ2v) is 9.36. The SMILES string of the molecule is [2H]c1c([2H])c([2H])c2c(oc3c4ccccc4c(-c4c5ccccc5c(-c5ccccc5)c5ccccc45)cc32)c1[2H]. The van der Waals surface area contributed by atoms with E-state index in [0.717, 1.165) is 49.0 Å². The molecule has 0 N–H and O–H groups in total. The lowest BCUT2D eigenvalue weighted by atomic mass is 9.84. The van der Waals surface area contributed by atoms with E-state index in [1.54, 1.807) is 0 Å². The van der Waals surface area contributed by atoms with Gasteiger partial charge in [-0.2, -0.15) is 0 Å². The Morgan fingerprint density at radius 2 is 1.00 bits per heavy atom. The molecule has 0 saturated carbocycles. The summed E-state index contributed by atoms with van der Waals surface area (Å²) in [5.41, 5.74) is 5.18. The molecule has 172 valence electrons. The van der Waals surface area contributed by atoms with Crippen molar-refractivity contribution in [1.82, 2.24) is 0 Å². The highest BCUT2D eigenvalue weighted by Crippen LogP contribution is 2.47. The van der Waals surface area contributed by atoms with Gasteiger partial charge in [0.25, 0.3) is 0 Å². The van der Waals surface area contributed by atoms with Crippen LogP contribution in [0, 0.1) is 0 Å². The average molecular weight is 475 g/mol. The zero-order valence-corrected chi connectivity index (χ0v) is 19.8. The van der Waals surface area contributed by atoms with E-state index >= 15 is 0 Å². The molecule has 1 nitrogen and oxygen atoms in total. The quantitative estimate of drug-likeness (QED) is 0.227. The van der Waals surface area contributed by atoms with E-state index in [1.807, 2.05) is 24.3 Å². The van der Waals surface area contributed by atoms with Gasteiger partial charge in [0, 0.05) is 16.2 Å². The van der Waals surface area contributed by atoms with Crippen LogP contribution in [0.1, 0.15) is 5.48 Å². The van der Waals surface area contributed by atoms with E-state index in [-0.39, 0.29) is 29.8 Å². The Labute approximate surface area is 219 Å². The molecular weight excluding hydrogens is 448 g/mol. The standard InChI is InChI=1S/C36H22O/c1-2-12-23(13-3-1)34-26-16-5-7-18-28(26)35(29-19-8-6-17-27(29)34)31-22-32-25-15-10-11-21-33(25)37-36(32)30-20-9-4-14-24(30)31/h1-22H/i10D,11D,15D,21D. The zero-order valence-electron chi connectivity index (χ0n) is 23.8. The third-order valence-corrected chi connectivity index (χ3v) is 7.38. The molecule has 1 heterocycles. The monoisotopic (exact) mass is 474 g/mol. The Morgan fingerprint density at radius 1 is 0.459 bits per heavy atom. The minimum absolute atomic E-state index is 0.0878. The number of furan rings is 1. The molecule has 0 saturated heterocycles. The summed E-state index contributed by atoms with van der Waals surface area (Å²) in [4.78, 5) is 0. The van der Waals surface area contributed by atoms with Crippen molar-refractivity contribution >= 4 is 54.3 Å². The Balaban J connectivity index is 1.61. The van der Waals surface area contributed by atoms with Crippen LogP contribution in [-0.2, 0) is 0 Å². The molecule has 0 unspecified atom stereocenters. The maximum atomic E-state index is 8.74. The largest absolute Gasteiger partial charge is 0.455 e. The summed E-state index contributed by atoms with van der Waals surface area (Å²) < 4.78 is 40.1. The van der Waals surface area contributed by atoms with Crippen LogP contribution in [0.15, 0.2) is 138 Å². The van der Waals surface area contributed by atoms with Crippen LogP contribution >= 0.6 is 0 Å². The first-order valence-corrected chi connectivity index (χ1v) is 12.4. The summed E-state index contributed by atoms with van der Waals surface area (Å²) >= 11 is 0. The van der Waals surface area contributed by atoms with E-state index in [0.29, 0.717) is 16.4 Å². The molecule has 0 aliphatic carbocycles. The van der Waals surface area contributed by atoms with E-state index in [2.05, 4.69) is 84.9 Å². The van der Waals surface area contributed by atoms with Gasteiger partial charge in [-0.1, -0.05) is 121 Å². The van der Waals surface area contributed by atoms with Gasteiger partial charge in [-0.15, -0.1) is 0 Å². The van der Waals surface area contributed by atoms with Crippen LogP contribution in [0.3, 0.4) is 0 Å². The van der Waals surface area contributed by atoms with E-state index < -0.39 is 0 Å². The van der Waals surface area contributed by atoms with Crippen molar-refractivity contribution in [2.24, 2.45) is 0 Å². The smallest absolute Gasteiger partial charge is 0.143 e. The van der Waals surface area contributed by atoms with Crippen molar-refractivity contribution in [3.05, 3.63) is 133 Å². The van der Waals surface area contributed by atoms with Gasteiger partial charge in [-0.25, -0.2) is 0 Å². The molecule has 0 fully saturated rings. The van der Waals surface area contributed by atoms with Crippen molar-refractivity contribution in [1.29, 1.82) is 0 Å². The molecule has 0 amide bonds. The normalized spacial score (nSPS) is 13.3. The molecule has 1 heteroatoms. The first kappa shape index (κ1) is 16.7. The van der Waals surface area contributed by atoms with Gasteiger partial charge in [-0.3, -0.25) is 0 Å². The number of fused-ring (bicyclic) bond motifs is 7. The van der Waals surface area contributed by atoms with Crippen molar-refractivity contribution in [2.45, 2.75) is 0 Å². The van der Waals surface area contributed by atoms with E-state index in [1.165, 1.54) is 5.56 Å². The molecule has 7 aromatic carbocycles. The molecule has 8 rings (SSSR count). The number of hydrogen-bond acceptors (Lipinski definition) is 1. The summed E-state index contributed by atoms with van der Waals surface area (Å²) in [7, 11) is 0. The van der Waals surface area contributed by atoms with Crippen molar-refractivity contribution in [3.8, 4) is 22.3 Å². The third kappa shape index (κ3) is 2.92. The summed E-state index contributed by atoms with van der Waals surface area (Å²) in [6.45, 7) is 0. The average Bonchev–Trinajstić information content (AvgIpc) is 3.41. The van der Waals surface area contributed by atoms with Crippen molar-refractivity contribution in [3.63, 3.8) is 0 Å². The molecule has 0 spiro atoms. The lowest BCUT2D eigenvalue weighted by molar-refractivity contribution is 0.672. The highest BCUT2D eigenvalue weighted by Gasteiger charge is 2.20. The number of para-hydroxylation sites is 1. The second kappa shape index (κ2) is 7.81. The maximum absolute atomic E-state index is 8.74. The number of hydrogen-bond donors (Lipinski definition) is 0. The van der Waals surface area contributed by atoms with Crippen LogP contribution in [0.5, 0.6) is 0 Å². The fraction of sp³-hybridized carbons (Fsp3) is 0. The minimum atomic E-state index is -0.292. The first-order chi connectivity index (χ1) is 20.0. The molecule has 1 aromatic heterocycles. The van der Waals surface area contributed by atoms with Crippen LogP contribution < -0.4 is 0 Å². The van der Waals surface area contributed by atoms with Crippen LogP contribution in [-0.4, -0.2) is 0 Å². The molecule has 0 atom stereocenters. The van der Waals surface area contributed by atoms with Crippen molar-refractivity contribution in [2.75, 3.05) is 0 Å². The van der Waals surface area contributed by atoms with Crippen LogP contribution in [0.25, 0.3) is 76.5 Å². The highest BCUT2D eigenvalue weighted by atomic mass is 16.3. The van der Waals surface area contributed by atoms with Crippen LogP contribution in [0.4, 0.5) is 0 Å². The fourth-order valence-corrected chi connectivity index (χ4v) is 5.85. The fourth-order valence-electron chi connectivity index (χ4n) is 5.85. The lowest BCUT2D eigenvalue weighted by Gasteiger charge is -2.19. The Hall–Kier alpha value is -4.88. The number of benzene rings is 7. The summed E-state index contributed by atoms with van der Waals surface area (Å²) in [5, 5.41) is 7.48. The molecular formula is C36H22O. The van der Waals surface area contributed by atoms with Gasteiger partial charge in [0.1, 0.15) is 11.2 Å². The highest BCUT2D eigenvalue weighted by molar-refractivity contribution is 6.26. The van der Waals surface area contributed by atoms with Gasteiger partial charge >= 0.3 is 0 Å². The molecule has 0 aliphatic heterocycles. The molecule has 0 bridgehead atoms. The van der Waals surface area contributed by atoms with Crippen LogP contribution in [0.2, 0.25) is 0 Å². The Morgan fingerprint density at radius 3 is 1.68 bits per heavy atom. The van der Waals surface area contributed by atoms with E-state index in [9.17, 15) is 0 Å². The van der Waals surface area contributed by atoms with Gasteiger partial charge in [0.05, 0.1) is 5.48 Å². The maximum Gasteiger partial charge on any atom is 0.143 e. The lowest BCUT2D eigenvalue weighted by Crippen LogP contribution is -1.91. The first-order valence-electron chi connectivity index (χ1n) is 14.4. The van der Waals surface area contributed by atoms with Gasteiger partial charge < -0.3 is 4.42 Å². The zero-order chi connectivity index (χ0) is 27.8. The van der Waals surface area contributed by atoms with E-state index in [4.69, 9.17) is 9.90 Å². The summed E-state index contributed by atoms with van der Waals surface area (Å²) in [6, 6.07) is 36.8. The summed E-state index contributed by atoms with van der Waals surface area (Å²) in [6.07, 6.45) is 0. The summed E-state index contributed by atoms with van der Waals surface area (Å²) in [5.74, 6) is 0. The number of rotatable bonds is 2. The molecule has 37 heavy (non-hydrogen) atoms. The Kier molecular flexibility index (Phi) is 3.53. The minimum Gasteiger partial charge on any atom is -0.455 e. The topological polar surface area (TPSA) is 13.1 Å². The third-order valence-electron chi connectivity index (χ3n) is 7.38. The Bertz CT molecular complexity index is 2300. The molecule has 0 aliphatic rings. The predicted octanol–water partition coefficient (Wildman–Crippen LogP) is 10.4. The van der Waals surface area contributed by atoms with Gasteiger partial charge in [0.15, 0.2) is 0 Å².